The van der Waals surface area contributed by atoms with Gasteiger partial charge in [-0.25, -0.2) is 0 Å². The highest BCUT2D eigenvalue weighted by molar-refractivity contribution is 5.46. The molecule has 4 aliphatic rings. The van der Waals surface area contributed by atoms with Crippen molar-refractivity contribution in [2.75, 3.05) is 53.5 Å². The maximum Gasteiger partial charge on any atom is 0.141 e. The molecule has 0 fully saturated rings. The molecular formula is C39H44Br2N2O2. The first kappa shape index (κ1) is 32.3. The van der Waals surface area contributed by atoms with Gasteiger partial charge >= 0.3 is 0 Å². The van der Waals surface area contributed by atoms with Crippen molar-refractivity contribution in [3.05, 3.63) is 129 Å². The van der Waals surface area contributed by atoms with Crippen molar-refractivity contribution in [1.29, 1.82) is 0 Å². The topological polar surface area (TPSA) is 18.5 Å². The first-order chi connectivity index (χ1) is 21.0. The van der Waals surface area contributed by atoms with Crippen LogP contribution in [0.2, 0.25) is 0 Å². The first-order valence-corrected chi connectivity index (χ1v) is 16.4. The monoisotopic (exact) mass is 730 g/mol. The van der Waals surface area contributed by atoms with Crippen molar-refractivity contribution < 1.29 is 52.4 Å². The van der Waals surface area contributed by atoms with Crippen LogP contribution < -0.4 is 43.4 Å². The molecule has 0 aromatic heterocycles. The fourth-order valence-electron chi connectivity index (χ4n) is 8.73. The number of fused-ring (bicyclic) bond motifs is 10. The molecule has 236 valence electrons. The Balaban J connectivity index is 0.00000179. The van der Waals surface area contributed by atoms with Crippen LogP contribution in [0.3, 0.4) is 0 Å². The SMILES string of the molecule is C[N+]12CCc3ccccc3C1c1ccc(OCCCOc3ccc4c(c3)CC[N+]3(C)CCc5ccccc5C43)cc1CC2.[Br-].[Br-]. The number of halogens is 2. The Morgan fingerprint density at radius 1 is 0.511 bits per heavy atom. The first-order valence-electron chi connectivity index (χ1n) is 16.4. The highest BCUT2D eigenvalue weighted by atomic mass is 79.9. The van der Waals surface area contributed by atoms with Crippen LogP contribution in [-0.4, -0.2) is 62.5 Å². The lowest BCUT2D eigenvalue weighted by Gasteiger charge is -2.49. The highest BCUT2D eigenvalue weighted by Crippen LogP contribution is 2.46. The molecule has 0 N–H and O–H groups in total. The van der Waals surface area contributed by atoms with Gasteiger partial charge in [0, 0.05) is 54.4 Å². The third kappa shape index (κ3) is 5.77. The zero-order chi connectivity index (χ0) is 29.0. The van der Waals surface area contributed by atoms with Gasteiger partial charge in [-0.05, 0) is 58.7 Å². The van der Waals surface area contributed by atoms with Crippen molar-refractivity contribution in [3.63, 3.8) is 0 Å². The van der Waals surface area contributed by atoms with E-state index in [4.69, 9.17) is 9.47 Å². The van der Waals surface area contributed by atoms with Crippen LogP contribution >= 0.6 is 0 Å². The summed E-state index contributed by atoms with van der Waals surface area (Å²) in [6, 6.07) is 32.7. The van der Waals surface area contributed by atoms with Crippen molar-refractivity contribution >= 4 is 0 Å². The van der Waals surface area contributed by atoms with Crippen LogP contribution in [0.15, 0.2) is 84.9 Å². The van der Waals surface area contributed by atoms with Crippen LogP contribution in [0, 0.1) is 0 Å². The molecule has 0 aliphatic carbocycles. The largest absolute Gasteiger partial charge is 1.00 e. The zero-order valence-electron chi connectivity index (χ0n) is 26.5. The molecule has 0 spiro atoms. The fourth-order valence-corrected chi connectivity index (χ4v) is 8.73. The molecule has 0 saturated carbocycles. The highest BCUT2D eigenvalue weighted by Gasteiger charge is 2.45. The second-order valence-electron chi connectivity index (χ2n) is 13.8. The summed E-state index contributed by atoms with van der Waals surface area (Å²) in [6.07, 6.45) is 5.47. The summed E-state index contributed by atoms with van der Waals surface area (Å²) in [7, 11) is 4.89. The molecule has 4 aromatic carbocycles. The lowest BCUT2D eigenvalue weighted by atomic mass is 9.81. The van der Waals surface area contributed by atoms with Gasteiger partial charge in [-0.3, -0.25) is 0 Å². The van der Waals surface area contributed by atoms with Crippen LogP contribution in [0.25, 0.3) is 0 Å². The van der Waals surface area contributed by atoms with Gasteiger partial charge in [0.1, 0.15) is 23.6 Å². The number of likely N-dealkylation sites (N-methyl/N-ethyl adjacent to an activating group) is 2. The van der Waals surface area contributed by atoms with E-state index >= 15 is 0 Å². The molecule has 0 amide bonds. The van der Waals surface area contributed by atoms with E-state index in [1.165, 1.54) is 83.5 Å². The number of nitrogens with zero attached hydrogens (tertiary/aromatic N) is 2. The lowest BCUT2D eigenvalue weighted by molar-refractivity contribution is -0.937. The van der Waals surface area contributed by atoms with E-state index in [2.05, 4.69) is 99.0 Å². The molecular weight excluding hydrogens is 688 g/mol. The molecule has 4 nitrogen and oxygen atoms in total. The molecule has 8 rings (SSSR count). The van der Waals surface area contributed by atoms with Gasteiger partial charge in [-0.2, -0.15) is 0 Å². The summed E-state index contributed by atoms with van der Waals surface area (Å²) in [6.45, 7) is 6.15. The summed E-state index contributed by atoms with van der Waals surface area (Å²) in [5.41, 5.74) is 12.0. The molecule has 4 aromatic rings. The molecule has 4 heterocycles. The number of rotatable bonds is 6. The standard InChI is InChI=1S/C39H44N2O2.2BrH/c1-40-20-16-28-8-3-5-10-34(28)38(40)36-14-12-32(26-30(36)18-22-40)42-24-7-25-43-33-13-15-37-31(27-33)19-23-41(2)21-17-29-9-4-6-11-35(29)39(37)41;;/h3-6,8-15,26-27,38-39H,7,16-25H2,1-2H3;2*1H/q+2;;/p-2. The van der Waals surface area contributed by atoms with Gasteiger partial charge in [0.05, 0.1) is 53.5 Å². The summed E-state index contributed by atoms with van der Waals surface area (Å²) in [5.74, 6) is 1.98. The van der Waals surface area contributed by atoms with E-state index in [0.29, 0.717) is 25.3 Å². The van der Waals surface area contributed by atoms with E-state index in [-0.39, 0.29) is 34.0 Å². The molecule has 4 atom stereocenters. The number of benzene rings is 4. The van der Waals surface area contributed by atoms with Crippen molar-refractivity contribution in [2.24, 2.45) is 0 Å². The summed E-state index contributed by atoms with van der Waals surface area (Å²) >= 11 is 0. The maximum absolute atomic E-state index is 6.25. The molecule has 45 heavy (non-hydrogen) atoms. The third-order valence-electron chi connectivity index (χ3n) is 11.2. The van der Waals surface area contributed by atoms with Gasteiger partial charge in [-0.1, -0.05) is 48.5 Å². The molecule has 4 unspecified atom stereocenters. The maximum atomic E-state index is 6.25. The van der Waals surface area contributed by atoms with Gasteiger partial charge in [-0.15, -0.1) is 0 Å². The third-order valence-corrected chi connectivity index (χ3v) is 11.2. The minimum Gasteiger partial charge on any atom is -1.00 e. The Hall–Kier alpha value is -2.64. The second kappa shape index (κ2) is 12.9. The Bertz CT molecular complexity index is 1570. The van der Waals surface area contributed by atoms with Gasteiger partial charge in [0.2, 0.25) is 0 Å². The van der Waals surface area contributed by atoms with Crippen molar-refractivity contribution in [1.82, 2.24) is 0 Å². The molecule has 0 saturated heterocycles. The quantitative estimate of drug-likeness (QED) is 0.217. The Kier molecular flexibility index (Phi) is 9.24. The second-order valence-corrected chi connectivity index (χ2v) is 13.8. The fraction of sp³-hybridized carbons (Fsp3) is 0.385. The number of hydrogen-bond acceptors (Lipinski definition) is 2. The Morgan fingerprint density at radius 3 is 1.33 bits per heavy atom. The summed E-state index contributed by atoms with van der Waals surface area (Å²) in [5, 5.41) is 0. The minimum absolute atomic E-state index is 0. The number of quaternary nitrogens is 2. The van der Waals surface area contributed by atoms with E-state index in [0.717, 1.165) is 39.7 Å². The average Bonchev–Trinajstić information content (AvgIpc) is 3.04. The molecule has 4 aliphatic heterocycles. The number of ether oxygens (including phenoxy) is 2. The van der Waals surface area contributed by atoms with E-state index in [9.17, 15) is 0 Å². The van der Waals surface area contributed by atoms with Crippen molar-refractivity contribution in [2.45, 2.75) is 44.2 Å². The van der Waals surface area contributed by atoms with Crippen molar-refractivity contribution in [3.8, 4) is 11.5 Å². The van der Waals surface area contributed by atoms with E-state index < -0.39 is 0 Å². The van der Waals surface area contributed by atoms with Crippen LogP contribution in [-0.2, 0) is 25.7 Å². The predicted molar refractivity (Wildman–Crippen MR) is 172 cm³/mol. The van der Waals surface area contributed by atoms with Gasteiger partial charge < -0.3 is 52.4 Å². The lowest BCUT2D eigenvalue weighted by Crippen LogP contribution is -3.00. The predicted octanol–water partition coefficient (Wildman–Crippen LogP) is 0.839. The van der Waals surface area contributed by atoms with E-state index in [1.807, 2.05) is 0 Å². The van der Waals surface area contributed by atoms with Gasteiger partial charge in [0.15, 0.2) is 0 Å². The van der Waals surface area contributed by atoms with Crippen LogP contribution in [0.4, 0.5) is 0 Å². The number of hydrogen-bond donors (Lipinski definition) is 0. The zero-order valence-corrected chi connectivity index (χ0v) is 29.7. The molecule has 0 bridgehead atoms. The molecule has 6 heteroatoms. The van der Waals surface area contributed by atoms with E-state index in [1.54, 1.807) is 0 Å². The average molecular weight is 733 g/mol. The Labute approximate surface area is 289 Å². The van der Waals surface area contributed by atoms with Gasteiger partial charge in [0.25, 0.3) is 0 Å². The normalized spacial score (nSPS) is 25.4. The minimum atomic E-state index is 0. The molecule has 0 radical (unpaired) electrons. The van der Waals surface area contributed by atoms with Crippen LogP contribution in [0.1, 0.15) is 63.0 Å². The Morgan fingerprint density at radius 2 is 0.889 bits per heavy atom. The summed E-state index contributed by atoms with van der Waals surface area (Å²) in [4.78, 5) is 0. The van der Waals surface area contributed by atoms with Crippen LogP contribution in [0.5, 0.6) is 11.5 Å². The summed E-state index contributed by atoms with van der Waals surface area (Å²) < 4.78 is 14.7. The smallest absolute Gasteiger partial charge is 0.141 e.